The summed E-state index contributed by atoms with van der Waals surface area (Å²) >= 11 is 1.66. The first-order valence-corrected chi connectivity index (χ1v) is 7.41. The van der Waals surface area contributed by atoms with Crippen LogP contribution in [0.2, 0.25) is 0 Å². The Labute approximate surface area is 113 Å². The zero-order valence-electron chi connectivity index (χ0n) is 11.5. The van der Waals surface area contributed by atoms with E-state index >= 15 is 0 Å². The zero-order chi connectivity index (χ0) is 13.4. The summed E-state index contributed by atoms with van der Waals surface area (Å²) in [4.78, 5) is 15.9. The lowest BCUT2D eigenvalue weighted by molar-refractivity contribution is -0.120. The monoisotopic (exact) mass is 269 g/mol. The lowest BCUT2D eigenvalue weighted by Gasteiger charge is -2.12. The molecule has 1 amide bonds. The number of rotatable bonds is 8. The van der Waals surface area contributed by atoms with Crippen LogP contribution in [0.5, 0.6) is 0 Å². The molecule has 0 spiro atoms. The largest absolute Gasteiger partial charge is 0.353 e. The van der Waals surface area contributed by atoms with E-state index in [2.05, 4.69) is 27.9 Å². The molecule has 1 atom stereocenters. The Bertz CT molecular complexity index is 365. The molecule has 0 bridgehead atoms. The summed E-state index contributed by atoms with van der Waals surface area (Å²) in [5, 5.41) is 9.28. The number of amides is 1. The molecule has 1 aromatic heterocycles. The number of carbonyl (C=O) groups is 1. The topological polar surface area (TPSA) is 54.0 Å². The number of hydrogen-bond acceptors (Lipinski definition) is 4. The minimum atomic E-state index is 0.0745. The number of nitrogens with zero attached hydrogens (tertiary/aromatic N) is 1. The molecule has 4 nitrogen and oxygen atoms in total. The molecular weight excluding hydrogens is 246 g/mol. The normalized spacial score (nSPS) is 12.4. The minimum Gasteiger partial charge on any atom is -0.353 e. The third-order valence-electron chi connectivity index (χ3n) is 2.64. The Morgan fingerprint density at radius 2 is 2.33 bits per heavy atom. The molecule has 0 saturated carbocycles. The predicted molar refractivity (Wildman–Crippen MR) is 75.9 cm³/mol. The van der Waals surface area contributed by atoms with Gasteiger partial charge >= 0.3 is 0 Å². The SMILES string of the molecule is CCCC(C)NC(=O)CNCCc1csc(C)n1. The van der Waals surface area contributed by atoms with Crippen LogP contribution in [-0.2, 0) is 11.2 Å². The molecule has 0 aliphatic rings. The van der Waals surface area contributed by atoms with Crippen molar-refractivity contribution in [3.8, 4) is 0 Å². The lowest BCUT2D eigenvalue weighted by atomic mass is 10.2. The highest BCUT2D eigenvalue weighted by atomic mass is 32.1. The average Bonchev–Trinajstić information content (AvgIpc) is 2.71. The Hall–Kier alpha value is -0.940. The Morgan fingerprint density at radius 3 is 2.94 bits per heavy atom. The van der Waals surface area contributed by atoms with Gasteiger partial charge in [-0.3, -0.25) is 4.79 Å². The van der Waals surface area contributed by atoms with Crippen LogP contribution in [0.25, 0.3) is 0 Å². The van der Waals surface area contributed by atoms with Gasteiger partial charge in [0.25, 0.3) is 0 Å². The Balaban J connectivity index is 2.08. The molecular formula is C13H23N3OS. The fourth-order valence-electron chi connectivity index (χ4n) is 1.77. The van der Waals surface area contributed by atoms with Crippen LogP contribution in [0.15, 0.2) is 5.38 Å². The summed E-state index contributed by atoms with van der Waals surface area (Å²) in [6.07, 6.45) is 3.00. The molecule has 0 radical (unpaired) electrons. The van der Waals surface area contributed by atoms with Gasteiger partial charge in [-0.25, -0.2) is 4.98 Å². The summed E-state index contributed by atoms with van der Waals surface area (Å²) in [6, 6.07) is 0.269. The number of aryl methyl sites for hydroxylation is 1. The summed E-state index contributed by atoms with van der Waals surface area (Å²) in [6.45, 7) is 7.34. The molecule has 1 rings (SSSR count). The van der Waals surface area contributed by atoms with Gasteiger partial charge < -0.3 is 10.6 Å². The van der Waals surface area contributed by atoms with Gasteiger partial charge in [0.2, 0.25) is 5.91 Å². The fraction of sp³-hybridized carbons (Fsp3) is 0.692. The van der Waals surface area contributed by atoms with Crippen molar-refractivity contribution in [2.45, 2.75) is 46.1 Å². The molecule has 0 fully saturated rings. The summed E-state index contributed by atoms with van der Waals surface area (Å²) in [7, 11) is 0. The molecule has 0 aromatic carbocycles. The van der Waals surface area contributed by atoms with Crippen molar-refractivity contribution < 1.29 is 4.79 Å². The van der Waals surface area contributed by atoms with Gasteiger partial charge in [0.05, 0.1) is 17.2 Å². The maximum absolute atomic E-state index is 11.6. The first-order valence-electron chi connectivity index (χ1n) is 6.53. The Kier molecular flexibility index (Phi) is 6.90. The predicted octanol–water partition coefficient (Wildman–Crippen LogP) is 1.89. The zero-order valence-corrected chi connectivity index (χ0v) is 12.3. The number of aromatic nitrogens is 1. The van der Waals surface area contributed by atoms with Crippen LogP contribution >= 0.6 is 11.3 Å². The van der Waals surface area contributed by atoms with E-state index in [-0.39, 0.29) is 11.9 Å². The van der Waals surface area contributed by atoms with E-state index in [1.54, 1.807) is 11.3 Å². The quantitative estimate of drug-likeness (QED) is 0.709. The van der Waals surface area contributed by atoms with Crippen molar-refractivity contribution in [3.63, 3.8) is 0 Å². The van der Waals surface area contributed by atoms with Crippen molar-refractivity contribution >= 4 is 17.2 Å². The third kappa shape index (κ3) is 6.12. The summed E-state index contributed by atoms with van der Waals surface area (Å²) in [5.74, 6) is 0.0745. The van der Waals surface area contributed by atoms with Crippen molar-refractivity contribution in [1.29, 1.82) is 0 Å². The van der Waals surface area contributed by atoms with Crippen molar-refractivity contribution in [2.75, 3.05) is 13.1 Å². The van der Waals surface area contributed by atoms with Crippen molar-refractivity contribution in [3.05, 3.63) is 16.1 Å². The smallest absolute Gasteiger partial charge is 0.234 e. The van der Waals surface area contributed by atoms with E-state index in [0.29, 0.717) is 6.54 Å². The molecule has 102 valence electrons. The highest BCUT2D eigenvalue weighted by Crippen LogP contribution is 2.07. The van der Waals surface area contributed by atoms with Crippen LogP contribution in [0.3, 0.4) is 0 Å². The van der Waals surface area contributed by atoms with E-state index in [1.807, 2.05) is 13.8 Å². The highest BCUT2D eigenvalue weighted by molar-refractivity contribution is 7.09. The van der Waals surface area contributed by atoms with Crippen molar-refractivity contribution in [1.82, 2.24) is 15.6 Å². The second-order valence-corrected chi connectivity index (χ2v) is 5.60. The second kappa shape index (κ2) is 8.21. The highest BCUT2D eigenvalue weighted by Gasteiger charge is 2.05. The first kappa shape index (κ1) is 15.1. The van der Waals surface area contributed by atoms with Gasteiger partial charge in [0, 0.05) is 24.4 Å². The number of thiazole rings is 1. The molecule has 18 heavy (non-hydrogen) atoms. The van der Waals surface area contributed by atoms with Gasteiger partial charge in [-0.15, -0.1) is 11.3 Å². The molecule has 1 unspecified atom stereocenters. The molecule has 5 heteroatoms. The lowest BCUT2D eigenvalue weighted by Crippen LogP contribution is -2.39. The molecule has 2 N–H and O–H groups in total. The van der Waals surface area contributed by atoms with E-state index < -0.39 is 0 Å². The standard InChI is InChI=1S/C13H23N3OS/c1-4-5-10(2)15-13(17)8-14-7-6-12-9-18-11(3)16-12/h9-10,14H,4-8H2,1-3H3,(H,15,17). The van der Waals surface area contributed by atoms with Crippen LogP contribution in [0.4, 0.5) is 0 Å². The van der Waals surface area contributed by atoms with E-state index in [9.17, 15) is 4.79 Å². The Morgan fingerprint density at radius 1 is 1.56 bits per heavy atom. The first-order chi connectivity index (χ1) is 8.61. The van der Waals surface area contributed by atoms with Gasteiger partial charge in [0.15, 0.2) is 0 Å². The van der Waals surface area contributed by atoms with Gasteiger partial charge in [0.1, 0.15) is 0 Å². The third-order valence-corrected chi connectivity index (χ3v) is 3.46. The van der Waals surface area contributed by atoms with Crippen LogP contribution in [0.1, 0.15) is 37.4 Å². The van der Waals surface area contributed by atoms with Gasteiger partial charge in [-0.1, -0.05) is 13.3 Å². The van der Waals surface area contributed by atoms with Crippen LogP contribution in [0, 0.1) is 6.92 Å². The molecule has 0 aliphatic heterocycles. The molecule has 0 saturated heterocycles. The maximum atomic E-state index is 11.6. The average molecular weight is 269 g/mol. The number of carbonyl (C=O) groups excluding carboxylic acids is 1. The number of hydrogen-bond donors (Lipinski definition) is 2. The van der Waals surface area contributed by atoms with Crippen molar-refractivity contribution in [2.24, 2.45) is 0 Å². The molecule has 0 aliphatic carbocycles. The summed E-state index contributed by atoms with van der Waals surface area (Å²) < 4.78 is 0. The van der Waals surface area contributed by atoms with Gasteiger partial charge in [-0.05, 0) is 20.3 Å². The van der Waals surface area contributed by atoms with Crippen LogP contribution < -0.4 is 10.6 Å². The second-order valence-electron chi connectivity index (χ2n) is 4.54. The maximum Gasteiger partial charge on any atom is 0.234 e. The molecule has 1 aromatic rings. The summed E-state index contributed by atoms with van der Waals surface area (Å²) in [5.41, 5.74) is 1.10. The van der Waals surface area contributed by atoms with Gasteiger partial charge in [-0.2, -0.15) is 0 Å². The van der Waals surface area contributed by atoms with E-state index in [4.69, 9.17) is 0 Å². The van der Waals surface area contributed by atoms with E-state index in [1.165, 1.54) is 0 Å². The van der Waals surface area contributed by atoms with Crippen LogP contribution in [-0.4, -0.2) is 30.0 Å². The molecule has 1 heterocycles. The number of nitrogens with one attached hydrogen (secondary N) is 2. The minimum absolute atomic E-state index is 0.0745. The fourth-order valence-corrected chi connectivity index (χ4v) is 2.42. The van der Waals surface area contributed by atoms with E-state index in [0.717, 1.165) is 36.5 Å².